The van der Waals surface area contributed by atoms with E-state index in [0.29, 0.717) is 19.8 Å². The molecular weight excluding hydrogens is 252 g/mol. The smallest absolute Gasteiger partial charge is 0.164 e. The summed E-state index contributed by atoms with van der Waals surface area (Å²) in [6.45, 7) is 3.56. The van der Waals surface area contributed by atoms with Gasteiger partial charge in [-0.05, 0) is 43.7 Å². The molecule has 20 heavy (non-hydrogen) atoms. The van der Waals surface area contributed by atoms with Crippen molar-refractivity contribution in [3.8, 4) is 11.5 Å². The van der Waals surface area contributed by atoms with Crippen molar-refractivity contribution in [1.82, 2.24) is 4.98 Å². The Kier molecular flexibility index (Phi) is 5.38. The molecule has 4 nitrogen and oxygen atoms in total. The van der Waals surface area contributed by atoms with Gasteiger partial charge in [-0.2, -0.15) is 0 Å². The predicted octanol–water partition coefficient (Wildman–Crippen LogP) is 2.56. The third-order valence-electron chi connectivity index (χ3n) is 2.86. The molecule has 2 N–H and O–H groups in total. The van der Waals surface area contributed by atoms with Crippen LogP contribution in [0.3, 0.4) is 0 Å². The lowest BCUT2D eigenvalue weighted by atomic mass is 10.1. The van der Waals surface area contributed by atoms with Crippen LogP contribution in [0.4, 0.5) is 0 Å². The third-order valence-corrected chi connectivity index (χ3v) is 2.86. The van der Waals surface area contributed by atoms with Crippen LogP contribution < -0.4 is 15.2 Å². The third kappa shape index (κ3) is 3.71. The summed E-state index contributed by atoms with van der Waals surface area (Å²) in [4.78, 5) is 4.25. The van der Waals surface area contributed by atoms with Crippen LogP contribution in [0.2, 0.25) is 0 Å². The number of rotatable bonds is 7. The zero-order valence-corrected chi connectivity index (χ0v) is 11.7. The van der Waals surface area contributed by atoms with Crippen molar-refractivity contribution in [2.45, 2.75) is 20.0 Å². The number of para-hydroxylation sites is 1. The van der Waals surface area contributed by atoms with Gasteiger partial charge in [0.15, 0.2) is 11.5 Å². The Morgan fingerprint density at radius 1 is 1.10 bits per heavy atom. The van der Waals surface area contributed by atoms with Gasteiger partial charge in [-0.3, -0.25) is 4.98 Å². The van der Waals surface area contributed by atoms with Gasteiger partial charge in [-0.15, -0.1) is 0 Å². The normalized spacial score (nSPS) is 10.3. The first-order valence-corrected chi connectivity index (χ1v) is 6.82. The second-order valence-corrected chi connectivity index (χ2v) is 4.33. The van der Waals surface area contributed by atoms with Crippen molar-refractivity contribution in [3.05, 3.63) is 53.9 Å². The fraction of sp³-hybridized carbons (Fsp3) is 0.312. The topological polar surface area (TPSA) is 57.4 Å². The van der Waals surface area contributed by atoms with E-state index in [2.05, 4.69) is 4.98 Å². The van der Waals surface area contributed by atoms with Crippen molar-refractivity contribution >= 4 is 0 Å². The molecule has 0 radical (unpaired) electrons. The molecule has 1 heterocycles. The van der Waals surface area contributed by atoms with Crippen LogP contribution in [0.5, 0.6) is 11.5 Å². The molecule has 2 rings (SSSR count). The average molecular weight is 272 g/mol. The zero-order chi connectivity index (χ0) is 14.2. The first-order valence-electron chi connectivity index (χ1n) is 6.82. The van der Waals surface area contributed by atoms with Crippen LogP contribution in [0.25, 0.3) is 0 Å². The number of nitrogens with zero attached hydrogens (tertiary/aromatic N) is 1. The Labute approximate surface area is 119 Å². The monoisotopic (exact) mass is 272 g/mol. The molecule has 2 aromatic rings. The van der Waals surface area contributed by atoms with Gasteiger partial charge in [0.1, 0.15) is 6.61 Å². The molecule has 0 aliphatic heterocycles. The van der Waals surface area contributed by atoms with E-state index >= 15 is 0 Å². The van der Waals surface area contributed by atoms with Crippen LogP contribution in [0.1, 0.15) is 18.2 Å². The van der Waals surface area contributed by atoms with Gasteiger partial charge in [0.2, 0.25) is 0 Å². The first-order chi connectivity index (χ1) is 9.85. The Morgan fingerprint density at radius 2 is 2.00 bits per heavy atom. The number of hydrogen-bond donors (Lipinski definition) is 1. The summed E-state index contributed by atoms with van der Waals surface area (Å²) in [7, 11) is 0. The molecule has 1 aromatic carbocycles. The average Bonchev–Trinajstić information content (AvgIpc) is 2.48. The maximum absolute atomic E-state index is 5.92. The number of pyridine rings is 1. The van der Waals surface area contributed by atoms with Crippen LogP contribution in [-0.2, 0) is 13.0 Å². The molecule has 0 atom stereocenters. The minimum absolute atomic E-state index is 0.419. The highest BCUT2D eigenvalue weighted by molar-refractivity contribution is 5.47. The van der Waals surface area contributed by atoms with Crippen molar-refractivity contribution < 1.29 is 9.47 Å². The Balaban J connectivity index is 2.18. The van der Waals surface area contributed by atoms with E-state index < -0.39 is 0 Å². The molecule has 0 amide bonds. The quantitative estimate of drug-likeness (QED) is 0.841. The lowest BCUT2D eigenvalue weighted by Crippen LogP contribution is -2.07. The van der Waals surface area contributed by atoms with Crippen LogP contribution in [0, 0.1) is 0 Å². The van der Waals surface area contributed by atoms with E-state index in [0.717, 1.165) is 29.2 Å². The number of ether oxygens (including phenoxy) is 2. The highest BCUT2D eigenvalue weighted by Gasteiger charge is 2.11. The highest BCUT2D eigenvalue weighted by atomic mass is 16.5. The fourth-order valence-electron chi connectivity index (χ4n) is 1.98. The summed E-state index contributed by atoms with van der Waals surface area (Å²) in [5, 5.41) is 0. The van der Waals surface area contributed by atoms with Gasteiger partial charge in [0.25, 0.3) is 0 Å². The molecule has 0 unspecified atom stereocenters. The SMILES string of the molecule is CCOc1cccc(CCN)c1OCc1ccccn1. The summed E-state index contributed by atoms with van der Waals surface area (Å²) in [6, 6.07) is 11.7. The molecule has 106 valence electrons. The Bertz CT molecular complexity index is 505. The number of benzene rings is 1. The van der Waals surface area contributed by atoms with Crippen molar-refractivity contribution in [3.63, 3.8) is 0 Å². The van der Waals surface area contributed by atoms with Gasteiger partial charge >= 0.3 is 0 Å². The summed E-state index contributed by atoms with van der Waals surface area (Å²) < 4.78 is 11.5. The van der Waals surface area contributed by atoms with E-state index in [-0.39, 0.29) is 0 Å². The Hall–Kier alpha value is -2.07. The van der Waals surface area contributed by atoms with Crippen molar-refractivity contribution in [2.75, 3.05) is 13.2 Å². The molecule has 0 saturated carbocycles. The molecular formula is C16H20N2O2. The molecule has 0 aliphatic rings. The summed E-state index contributed by atoms with van der Waals surface area (Å²) in [6.07, 6.45) is 2.52. The van der Waals surface area contributed by atoms with Crippen LogP contribution >= 0.6 is 0 Å². The van der Waals surface area contributed by atoms with Gasteiger partial charge in [0.05, 0.1) is 12.3 Å². The summed E-state index contributed by atoms with van der Waals surface area (Å²) in [5.74, 6) is 1.53. The second kappa shape index (κ2) is 7.50. The van der Waals surface area contributed by atoms with E-state index in [9.17, 15) is 0 Å². The second-order valence-electron chi connectivity index (χ2n) is 4.33. The van der Waals surface area contributed by atoms with Gasteiger partial charge < -0.3 is 15.2 Å². The van der Waals surface area contributed by atoms with Gasteiger partial charge in [0, 0.05) is 6.20 Å². The lowest BCUT2D eigenvalue weighted by molar-refractivity contribution is 0.264. The largest absolute Gasteiger partial charge is 0.490 e. The van der Waals surface area contributed by atoms with Crippen molar-refractivity contribution in [2.24, 2.45) is 5.73 Å². The van der Waals surface area contributed by atoms with Gasteiger partial charge in [-0.25, -0.2) is 0 Å². The lowest BCUT2D eigenvalue weighted by Gasteiger charge is -2.15. The van der Waals surface area contributed by atoms with E-state index in [1.54, 1.807) is 6.20 Å². The molecule has 0 bridgehead atoms. The van der Waals surface area contributed by atoms with E-state index in [4.69, 9.17) is 15.2 Å². The fourth-order valence-corrected chi connectivity index (χ4v) is 1.98. The van der Waals surface area contributed by atoms with E-state index in [1.807, 2.05) is 43.3 Å². The minimum Gasteiger partial charge on any atom is -0.490 e. The number of nitrogens with two attached hydrogens (primary N) is 1. The maximum Gasteiger partial charge on any atom is 0.164 e. The standard InChI is InChI=1S/C16H20N2O2/c1-2-19-15-8-5-6-13(9-10-17)16(15)20-12-14-7-3-4-11-18-14/h3-8,11H,2,9-10,12,17H2,1H3. The minimum atomic E-state index is 0.419. The summed E-state index contributed by atoms with van der Waals surface area (Å²) >= 11 is 0. The Morgan fingerprint density at radius 3 is 2.70 bits per heavy atom. The summed E-state index contributed by atoms with van der Waals surface area (Å²) in [5.41, 5.74) is 7.60. The predicted molar refractivity (Wildman–Crippen MR) is 78.9 cm³/mol. The molecule has 1 aromatic heterocycles. The molecule has 0 saturated heterocycles. The number of hydrogen-bond acceptors (Lipinski definition) is 4. The van der Waals surface area contributed by atoms with Crippen LogP contribution in [-0.4, -0.2) is 18.1 Å². The number of aromatic nitrogens is 1. The highest BCUT2D eigenvalue weighted by Crippen LogP contribution is 2.32. The molecule has 0 fully saturated rings. The maximum atomic E-state index is 5.92. The van der Waals surface area contributed by atoms with Crippen molar-refractivity contribution in [1.29, 1.82) is 0 Å². The molecule has 0 aliphatic carbocycles. The van der Waals surface area contributed by atoms with Gasteiger partial charge in [-0.1, -0.05) is 18.2 Å². The molecule has 0 spiro atoms. The first kappa shape index (κ1) is 14.3. The zero-order valence-electron chi connectivity index (χ0n) is 11.7. The van der Waals surface area contributed by atoms with Crippen LogP contribution in [0.15, 0.2) is 42.6 Å². The molecule has 4 heteroatoms. The van der Waals surface area contributed by atoms with E-state index in [1.165, 1.54) is 0 Å².